The monoisotopic (exact) mass is 283 g/mol. The number of benzene rings is 2. The van der Waals surface area contributed by atoms with Crippen molar-refractivity contribution in [1.82, 2.24) is 0 Å². The predicted octanol–water partition coefficient (Wildman–Crippen LogP) is 4.55. The Morgan fingerprint density at radius 3 is 2.29 bits per heavy atom. The van der Waals surface area contributed by atoms with E-state index in [0.29, 0.717) is 0 Å². The first-order chi connectivity index (χ1) is 10.1. The minimum atomic E-state index is -0.0786. The van der Waals surface area contributed by atoms with Crippen LogP contribution in [0.5, 0.6) is 0 Å². The highest BCUT2D eigenvalue weighted by Gasteiger charge is 2.22. The average Bonchev–Trinajstić information content (AvgIpc) is 2.52. The third-order valence-electron chi connectivity index (χ3n) is 3.85. The summed E-state index contributed by atoms with van der Waals surface area (Å²) in [5.41, 5.74) is 9.87. The topological polar surface area (TPSA) is 35.2 Å². The molecule has 3 atom stereocenters. The van der Waals surface area contributed by atoms with Gasteiger partial charge in [0.1, 0.15) is 0 Å². The lowest BCUT2D eigenvalue weighted by molar-refractivity contribution is -0.0199. The molecule has 0 radical (unpaired) electrons. The van der Waals surface area contributed by atoms with Gasteiger partial charge < -0.3 is 10.5 Å². The van der Waals surface area contributed by atoms with Gasteiger partial charge in [-0.15, -0.1) is 0 Å². The third-order valence-corrected chi connectivity index (χ3v) is 3.85. The molecule has 2 heteroatoms. The van der Waals surface area contributed by atoms with E-state index in [0.717, 1.165) is 12.0 Å². The van der Waals surface area contributed by atoms with Crippen molar-refractivity contribution < 1.29 is 4.74 Å². The van der Waals surface area contributed by atoms with Crippen LogP contribution in [-0.2, 0) is 4.74 Å². The Morgan fingerprint density at radius 2 is 1.67 bits per heavy atom. The fourth-order valence-corrected chi connectivity index (χ4v) is 2.51. The maximum absolute atomic E-state index is 6.31. The van der Waals surface area contributed by atoms with E-state index in [2.05, 4.69) is 57.2 Å². The molecule has 3 unspecified atom stereocenters. The maximum Gasteiger partial charge on any atom is 0.0983 e. The lowest BCUT2D eigenvalue weighted by Crippen LogP contribution is -2.30. The molecule has 0 aromatic heterocycles. The van der Waals surface area contributed by atoms with Gasteiger partial charge in [-0.3, -0.25) is 0 Å². The summed E-state index contributed by atoms with van der Waals surface area (Å²) < 4.78 is 6.31. The van der Waals surface area contributed by atoms with E-state index in [9.17, 15) is 0 Å². The smallest absolute Gasteiger partial charge is 0.0983 e. The van der Waals surface area contributed by atoms with Crippen LogP contribution in [0.3, 0.4) is 0 Å². The van der Waals surface area contributed by atoms with E-state index >= 15 is 0 Å². The zero-order chi connectivity index (χ0) is 15.2. The summed E-state index contributed by atoms with van der Waals surface area (Å²) in [5.74, 6) is 0. The molecule has 2 N–H and O–H groups in total. The molecule has 0 saturated heterocycles. The first-order valence-corrected chi connectivity index (χ1v) is 7.64. The summed E-state index contributed by atoms with van der Waals surface area (Å²) in [7, 11) is 0. The molecule has 0 amide bonds. The second-order valence-corrected chi connectivity index (χ2v) is 5.60. The molecular formula is C19H25NO. The highest BCUT2D eigenvalue weighted by atomic mass is 16.5. The molecule has 0 fully saturated rings. The van der Waals surface area contributed by atoms with Gasteiger partial charge in [0.05, 0.1) is 12.2 Å². The third kappa shape index (κ3) is 4.16. The van der Waals surface area contributed by atoms with E-state index < -0.39 is 0 Å². The van der Waals surface area contributed by atoms with Crippen molar-refractivity contribution in [3.63, 3.8) is 0 Å². The molecule has 2 rings (SSSR count). The number of hydrogen-bond donors (Lipinski definition) is 1. The van der Waals surface area contributed by atoms with Crippen molar-refractivity contribution in [2.45, 2.75) is 45.4 Å². The van der Waals surface area contributed by atoms with Crippen LogP contribution in [0.1, 0.15) is 49.2 Å². The first-order valence-electron chi connectivity index (χ1n) is 7.64. The minimum absolute atomic E-state index is 0.00189. The van der Waals surface area contributed by atoms with E-state index in [4.69, 9.17) is 10.5 Å². The van der Waals surface area contributed by atoms with E-state index in [1.807, 2.05) is 18.2 Å². The standard InChI is InChI=1S/C19H25NO/c1-4-18(20)19(17-12-8-9-14(2)13-17)21-15(3)16-10-6-5-7-11-16/h5-13,15,18-19H,4,20H2,1-3H3. The maximum atomic E-state index is 6.31. The molecule has 2 aromatic rings. The van der Waals surface area contributed by atoms with E-state index in [1.165, 1.54) is 11.1 Å². The molecule has 2 aromatic carbocycles. The van der Waals surface area contributed by atoms with Crippen LogP contribution >= 0.6 is 0 Å². The van der Waals surface area contributed by atoms with Crippen LogP contribution < -0.4 is 5.73 Å². The fourth-order valence-electron chi connectivity index (χ4n) is 2.51. The molecule has 21 heavy (non-hydrogen) atoms. The van der Waals surface area contributed by atoms with Crippen LogP contribution in [0.2, 0.25) is 0 Å². The number of hydrogen-bond acceptors (Lipinski definition) is 2. The van der Waals surface area contributed by atoms with Gasteiger partial charge in [-0.1, -0.05) is 67.1 Å². The highest BCUT2D eigenvalue weighted by molar-refractivity contribution is 5.26. The normalized spacial score (nSPS) is 15.4. The van der Waals surface area contributed by atoms with Gasteiger partial charge in [-0.25, -0.2) is 0 Å². The molecule has 112 valence electrons. The second-order valence-electron chi connectivity index (χ2n) is 5.60. The Bertz CT molecular complexity index is 553. The van der Waals surface area contributed by atoms with Crippen LogP contribution in [0.4, 0.5) is 0 Å². The first kappa shape index (κ1) is 15.7. The van der Waals surface area contributed by atoms with Crippen LogP contribution in [0.25, 0.3) is 0 Å². The summed E-state index contributed by atoms with van der Waals surface area (Å²) >= 11 is 0. The van der Waals surface area contributed by atoms with Crippen LogP contribution in [0, 0.1) is 6.92 Å². The summed E-state index contributed by atoms with van der Waals surface area (Å²) in [5, 5.41) is 0. The zero-order valence-electron chi connectivity index (χ0n) is 13.1. The Hall–Kier alpha value is -1.64. The van der Waals surface area contributed by atoms with Crippen LogP contribution in [0.15, 0.2) is 54.6 Å². The molecule has 0 aliphatic heterocycles. The van der Waals surface area contributed by atoms with Gasteiger partial charge in [0.25, 0.3) is 0 Å². The average molecular weight is 283 g/mol. The van der Waals surface area contributed by atoms with Crippen molar-refractivity contribution in [3.05, 3.63) is 71.3 Å². The molecule has 0 spiro atoms. The van der Waals surface area contributed by atoms with Crippen molar-refractivity contribution in [3.8, 4) is 0 Å². The number of aryl methyl sites for hydroxylation is 1. The molecular weight excluding hydrogens is 258 g/mol. The summed E-state index contributed by atoms with van der Waals surface area (Å²) in [4.78, 5) is 0. The van der Waals surface area contributed by atoms with Gasteiger partial charge in [0, 0.05) is 6.04 Å². The fraction of sp³-hybridized carbons (Fsp3) is 0.368. The Kier molecular flexibility index (Phi) is 5.54. The van der Waals surface area contributed by atoms with E-state index in [1.54, 1.807) is 0 Å². The Labute approximate surface area is 127 Å². The minimum Gasteiger partial charge on any atom is -0.364 e. The van der Waals surface area contributed by atoms with Crippen molar-refractivity contribution in [2.75, 3.05) is 0 Å². The van der Waals surface area contributed by atoms with Gasteiger partial charge in [-0.2, -0.15) is 0 Å². The SMILES string of the molecule is CCC(N)C(OC(C)c1ccccc1)c1cccc(C)c1. The summed E-state index contributed by atoms with van der Waals surface area (Å²) in [6.07, 6.45) is 0.833. The predicted molar refractivity (Wildman–Crippen MR) is 88.1 cm³/mol. The van der Waals surface area contributed by atoms with E-state index in [-0.39, 0.29) is 18.2 Å². The molecule has 0 heterocycles. The number of ether oxygens (including phenoxy) is 1. The quantitative estimate of drug-likeness (QED) is 0.844. The molecule has 2 nitrogen and oxygen atoms in total. The number of rotatable bonds is 6. The van der Waals surface area contributed by atoms with Gasteiger partial charge in [0.15, 0.2) is 0 Å². The lowest BCUT2D eigenvalue weighted by atomic mass is 9.98. The van der Waals surface area contributed by atoms with Crippen LogP contribution in [-0.4, -0.2) is 6.04 Å². The zero-order valence-corrected chi connectivity index (χ0v) is 13.1. The van der Waals surface area contributed by atoms with Gasteiger partial charge in [0.2, 0.25) is 0 Å². The molecule has 0 aliphatic rings. The van der Waals surface area contributed by atoms with Crippen molar-refractivity contribution in [1.29, 1.82) is 0 Å². The van der Waals surface area contributed by atoms with Crippen molar-refractivity contribution >= 4 is 0 Å². The lowest BCUT2D eigenvalue weighted by Gasteiger charge is -2.28. The second kappa shape index (κ2) is 7.39. The molecule has 0 bridgehead atoms. The highest BCUT2D eigenvalue weighted by Crippen LogP contribution is 2.29. The molecule has 0 aliphatic carbocycles. The summed E-state index contributed by atoms with van der Waals surface area (Å²) in [6.45, 7) is 6.28. The Balaban J connectivity index is 2.21. The van der Waals surface area contributed by atoms with Gasteiger partial charge >= 0.3 is 0 Å². The largest absolute Gasteiger partial charge is 0.364 e. The number of nitrogens with two attached hydrogens (primary N) is 1. The van der Waals surface area contributed by atoms with Gasteiger partial charge in [-0.05, 0) is 31.4 Å². The Morgan fingerprint density at radius 1 is 1.00 bits per heavy atom. The summed E-state index contributed by atoms with van der Waals surface area (Å²) in [6, 6.07) is 18.7. The van der Waals surface area contributed by atoms with Crippen molar-refractivity contribution in [2.24, 2.45) is 5.73 Å². The molecule has 0 saturated carbocycles.